The van der Waals surface area contributed by atoms with Crippen molar-refractivity contribution in [3.63, 3.8) is 0 Å². The number of hydrogen-bond acceptors (Lipinski definition) is 4. The largest absolute Gasteiger partial charge is 0.492 e. The summed E-state index contributed by atoms with van der Waals surface area (Å²) < 4.78 is 38.3. The molecule has 2 N–H and O–H groups in total. The SMILES string of the molecule is CCOC(Cc1ccc(OCCN(CCCCc2ccccc2)C(=O)NCc2ccc(F)cc2F)cc1)C(=O)O. The maximum Gasteiger partial charge on any atom is 0.333 e. The summed E-state index contributed by atoms with van der Waals surface area (Å²) in [7, 11) is 0. The molecule has 214 valence electrons. The highest BCUT2D eigenvalue weighted by molar-refractivity contribution is 5.74. The molecule has 0 aliphatic heterocycles. The molecule has 40 heavy (non-hydrogen) atoms. The zero-order valence-electron chi connectivity index (χ0n) is 22.7. The van der Waals surface area contributed by atoms with E-state index in [0.717, 1.165) is 37.0 Å². The van der Waals surface area contributed by atoms with Crippen molar-refractivity contribution in [3.8, 4) is 5.75 Å². The van der Waals surface area contributed by atoms with Gasteiger partial charge in [-0.3, -0.25) is 0 Å². The van der Waals surface area contributed by atoms with Crippen LogP contribution in [0.5, 0.6) is 5.75 Å². The molecular formula is C31H36F2N2O5. The number of nitrogens with zero attached hydrogens (tertiary/aromatic N) is 1. The molecular weight excluding hydrogens is 518 g/mol. The molecule has 1 atom stereocenters. The first-order valence-corrected chi connectivity index (χ1v) is 13.4. The number of amides is 2. The number of halogens is 2. The molecule has 3 aromatic rings. The van der Waals surface area contributed by atoms with Crippen molar-refractivity contribution < 1.29 is 33.0 Å². The predicted molar refractivity (Wildman–Crippen MR) is 148 cm³/mol. The van der Waals surface area contributed by atoms with E-state index in [2.05, 4.69) is 17.4 Å². The molecule has 0 heterocycles. The van der Waals surface area contributed by atoms with Crippen LogP contribution in [0.25, 0.3) is 0 Å². The van der Waals surface area contributed by atoms with Gasteiger partial charge < -0.3 is 24.8 Å². The number of carbonyl (C=O) groups excluding carboxylic acids is 1. The fourth-order valence-electron chi connectivity index (χ4n) is 4.17. The standard InChI is InChI=1S/C31H36F2N2O5/c1-2-39-29(30(36)37)20-24-11-15-27(16-12-24)40-19-18-35(17-7-6-10-23-8-4-3-5-9-23)31(38)34-22-25-13-14-26(32)21-28(25)33/h3-5,8-9,11-16,21,29H,2,6-7,10,17-20,22H2,1H3,(H,34,38)(H,36,37). The first-order valence-electron chi connectivity index (χ1n) is 13.4. The lowest BCUT2D eigenvalue weighted by Gasteiger charge is -2.23. The topological polar surface area (TPSA) is 88.1 Å². The Morgan fingerprint density at radius 1 is 0.950 bits per heavy atom. The summed E-state index contributed by atoms with van der Waals surface area (Å²) in [4.78, 5) is 25.9. The molecule has 0 saturated carbocycles. The van der Waals surface area contributed by atoms with Crippen molar-refractivity contribution in [2.24, 2.45) is 0 Å². The maximum absolute atomic E-state index is 14.0. The Bertz CT molecular complexity index is 1210. The van der Waals surface area contributed by atoms with Gasteiger partial charge in [0.1, 0.15) is 24.0 Å². The molecule has 0 aliphatic rings. The van der Waals surface area contributed by atoms with Crippen LogP contribution in [0.3, 0.4) is 0 Å². The van der Waals surface area contributed by atoms with Gasteiger partial charge in [0.2, 0.25) is 0 Å². The lowest BCUT2D eigenvalue weighted by atomic mass is 10.1. The number of carbonyl (C=O) groups is 2. The number of unbranched alkanes of at least 4 members (excludes halogenated alkanes) is 1. The van der Waals surface area contributed by atoms with Crippen LogP contribution in [0, 0.1) is 11.6 Å². The Morgan fingerprint density at radius 3 is 2.38 bits per heavy atom. The molecule has 0 saturated heterocycles. The predicted octanol–water partition coefficient (Wildman–Crippen LogP) is 5.61. The summed E-state index contributed by atoms with van der Waals surface area (Å²) in [6.07, 6.45) is 1.89. The molecule has 3 rings (SSSR count). The van der Waals surface area contributed by atoms with Gasteiger partial charge in [-0.05, 0) is 55.5 Å². The van der Waals surface area contributed by atoms with Gasteiger partial charge in [0.15, 0.2) is 6.10 Å². The first kappa shape index (κ1) is 30.6. The van der Waals surface area contributed by atoms with E-state index in [1.54, 1.807) is 36.1 Å². The Labute approximate surface area is 233 Å². The molecule has 9 heteroatoms. The molecule has 0 aliphatic carbocycles. The number of rotatable bonds is 16. The highest BCUT2D eigenvalue weighted by atomic mass is 19.1. The Kier molecular flexibility index (Phi) is 12.4. The van der Waals surface area contributed by atoms with Crippen molar-refractivity contribution in [1.29, 1.82) is 0 Å². The van der Waals surface area contributed by atoms with Crippen molar-refractivity contribution in [1.82, 2.24) is 10.2 Å². The number of aliphatic carboxylic acids is 1. The monoisotopic (exact) mass is 554 g/mol. The van der Waals surface area contributed by atoms with E-state index in [1.807, 2.05) is 18.2 Å². The Balaban J connectivity index is 1.53. The number of carboxylic acids is 1. The summed E-state index contributed by atoms with van der Waals surface area (Å²) in [5.41, 5.74) is 2.23. The van der Waals surface area contributed by atoms with E-state index < -0.39 is 23.7 Å². The van der Waals surface area contributed by atoms with Gasteiger partial charge in [0, 0.05) is 37.7 Å². The normalized spacial score (nSPS) is 11.6. The van der Waals surface area contributed by atoms with Crippen LogP contribution in [0.1, 0.15) is 36.5 Å². The average molecular weight is 555 g/mol. The van der Waals surface area contributed by atoms with Crippen molar-refractivity contribution >= 4 is 12.0 Å². The number of ether oxygens (including phenoxy) is 2. The molecule has 7 nitrogen and oxygen atoms in total. The van der Waals surface area contributed by atoms with Crippen LogP contribution < -0.4 is 10.1 Å². The third kappa shape index (κ3) is 10.3. The van der Waals surface area contributed by atoms with Crippen molar-refractivity contribution in [2.75, 3.05) is 26.3 Å². The van der Waals surface area contributed by atoms with E-state index in [-0.39, 0.29) is 31.2 Å². The third-order valence-electron chi connectivity index (χ3n) is 6.34. The van der Waals surface area contributed by atoms with E-state index in [1.165, 1.54) is 11.6 Å². The number of benzene rings is 3. The fourth-order valence-corrected chi connectivity index (χ4v) is 4.17. The van der Waals surface area contributed by atoms with Crippen LogP contribution in [-0.2, 0) is 28.9 Å². The van der Waals surface area contributed by atoms with E-state index in [4.69, 9.17) is 9.47 Å². The number of hydrogen-bond donors (Lipinski definition) is 2. The summed E-state index contributed by atoms with van der Waals surface area (Å²) in [5, 5.41) is 12.0. The van der Waals surface area contributed by atoms with Gasteiger partial charge in [-0.15, -0.1) is 0 Å². The van der Waals surface area contributed by atoms with Crippen LogP contribution in [-0.4, -0.2) is 54.4 Å². The van der Waals surface area contributed by atoms with Crippen LogP contribution >= 0.6 is 0 Å². The average Bonchev–Trinajstić information content (AvgIpc) is 2.94. The molecule has 3 aromatic carbocycles. The quantitative estimate of drug-likeness (QED) is 0.225. The van der Waals surface area contributed by atoms with Crippen molar-refractivity contribution in [3.05, 3.63) is 101 Å². The lowest BCUT2D eigenvalue weighted by molar-refractivity contribution is -0.149. The number of aryl methyl sites for hydroxylation is 1. The molecule has 0 bridgehead atoms. The molecule has 1 unspecified atom stereocenters. The maximum atomic E-state index is 14.0. The molecule has 0 radical (unpaired) electrons. The van der Waals surface area contributed by atoms with Gasteiger partial charge in [-0.25, -0.2) is 18.4 Å². The van der Waals surface area contributed by atoms with E-state index >= 15 is 0 Å². The first-order chi connectivity index (χ1) is 19.4. The van der Waals surface area contributed by atoms with Gasteiger partial charge in [-0.2, -0.15) is 0 Å². The number of nitrogens with one attached hydrogen (secondary N) is 1. The zero-order valence-corrected chi connectivity index (χ0v) is 22.7. The highest BCUT2D eigenvalue weighted by Gasteiger charge is 2.18. The number of carboxylic acid groups (broad SMARTS) is 1. The smallest absolute Gasteiger partial charge is 0.333 e. The molecule has 2 amide bonds. The van der Waals surface area contributed by atoms with E-state index in [9.17, 15) is 23.5 Å². The van der Waals surface area contributed by atoms with Gasteiger partial charge in [0.05, 0.1) is 6.54 Å². The summed E-state index contributed by atoms with van der Waals surface area (Å²) in [6.45, 7) is 3.02. The van der Waals surface area contributed by atoms with Gasteiger partial charge >= 0.3 is 12.0 Å². The lowest BCUT2D eigenvalue weighted by Crippen LogP contribution is -2.42. The Morgan fingerprint density at radius 2 is 1.70 bits per heavy atom. The van der Waals surface area contributed by atoms with Crippen LogP contribution in [0.15, 0.2) is 72.8 Å². The second-order valence-corrected chi connectivity index (χ2v) is 9.30. The van der Waals surface area contributed by atoms with Gasteiger partial charge in [-0.1, -0.05) is 48.5 Å². The highest BCUT2D eigenvalue weighted by Crippen LogP contribution is 2.15. The second-order valence-electron chi connectivity index (χ2n) is 9.30. The third-order valence-corrected chi connectivity index (χ3v) is 6.34. The number of urea groups is 1. The van der Waals surface area contributed by atoms with Crippen LogP contribution in [0.4, 0.5) is 13.6 Å². The van der Waals surface area contributed by atoms with Gasteiger partial charge in [0.25, 0.3) is 0 Å². The summed E-state index contributed by atoms with van der Waals surface area (Å²) >= 11 is 0. The van der Waals surface area contributed by atoms with Crippen molar-refractivity contribution in [2.45, 2.75) is 45.3 Å². The summed E-state index contributed by atoms with van der Waals surface area (Å²) in [6, 6.07) is 20.1. The minimum atomic E-state index is -1.01. The van der Waals surface area contributed by atoms with Crippen LogP contribution in [0.2, 0.25) is 0 Å². The molecule has 0 aromatic heterocycles. The minimum absolute atomic E-state index is 0.0626. The minimum Gasteiger partial charge on any atom is -0.492 e. The molecule has 0 fully saturated rings. The summed E-state index contributed by atoms with van der Waals surface area (Å²) in [5.74, 6) is -1.80. The van der Waals surface area contributed by atoms with E-state index in [0.29, 0.717) is 25.4 Å². The zero-order chi connectivity index (χ0) is 28.7. The molecule has 0 spiro atoms. The second kappa shape index (κ2) is 16.2. The Hall–Kier alpha value is -3.98. The fraction of sp³-hybridized carbons (Fsp3) is 0.355.